The van der Waals surface area contributed by atoms with Crippen molar-refractivity contribution < 1.29 is 9.84 Å². The average Bonchev–Trinajstić information content (AvgIpc) is 2.51. The molecular weight excluding hydrogens is 260 g/mol. The number of hydrogen-bond acceptors (Lipinski definition) is 2. The molecule has 2 heteroatoms. The summed E-state index contributed by atoms with van der Waals surface area (Å²) in [6, 6.07) is 10.1. The molecular formula is C19H30O2. The van der Waals surface area contributed by atoms with Gasteiger partial charge in [0.05, 0.1) is 19.3 Å². The van der Waals surface area contributed by atoms with Crippen LogP contribution in [0, 0.1) is 11.8 Å². The molecule has 0 saturated carbocycles. The summed E-state index contributed by atoms with van der Waals surface area (Å²) in [5.74, 6) is 0.316. The van der Waals surface area contributed by atoms with E-state index in [9.17, 15) is 5.11 Å². The summed E-state index contributed by atoms with van der Waals surface area (Å²) in [4.78, 5) is 0. The van der Waals surface area contributed by atoms with Crippen molar-refractivity contribution in [3.63, 3.8) is 0 Å². The van der Waals surface area contributed by atoms with Gasteiger partial charge in [0.15, 0.2) is 0 Å². The van der Waals surface area contributed by atoms with E-state index in [1.54, 1.807) is 0 Å². The van der Waals surface area contributed by atoms with E-state index >= 15 is 0 Å². The lowest BCUT2D eigenvalue weighted by molar-refractivity contribution is 0.0133. The van der Waals surface area contributed by atoms with E-state index in [-0.39, 0.29) is 17.9 Å². The minimum Gasteiger partial charge on any atom is -0.392 e. The fourth-order valence-corrected chi connectivity index (χ4v) is 2.30. The van der Waals surface area contributed by atoms with Crippen LogP contribution in [0.1, 0.15) is 45.6 Å². The first-order chi connectivity index (χ1) is 10.1. The zero-order valence-electron chi connectivity index (χ0n) is 13.7. The third-order valence-electron chi connectivity index (χ3n) is 3.78. The van der Waals surface area contributed by atoms with Crippen molar-refractivity contribution >= 4 is 0 Å². The molecule has 0 bridgehead atoms. The van der Waals surface area contributed by atoms with Gasteiger partial charge in [0.2, 0.25) is 0 Å². The van der Waals surface area contributed by atoms with E-state index in [2.05, 4.69) is 38.1 Å². The van der Waals surface area contributed by atoms with Crippen molar-refractivity contribution in [2.45, 2.75) is 52.7 Å². The van der Waals surface area contributed by atoms with E-state index < -0.39 is 0 Å². The SMILES string of the molecule is CCCCC=C[C@H](C)[C@@H](O)[C@@H](C)COCc1ccccc1. The summed E-state index contributed by atoms with van der Waals surface area (Å²) in [5.41, 5.74) is 1.17. The summed E-state index contributed by atoms with van der Waals surface area (Å²) in [6.07, 6.45) is 7.51. The van der Waals surface area contributed by atoms with Gasteiger partial charge in [-0.15, -0.1) is 0 Å². The molecule has 1 aromatic rings. The second-order valence-electron chi connectivity index (χ2n) is 5.90. The van der Waals surface area contributed by atoms with E-state index in [1.807, 2.05) is 25.1 Å². The second kappa shape index (κ2) is 10.6. The highest BCUT2D eigenvalue weighted by Gasteiger charge is 2.19. The molecule has 0 fully saturated rings. The molecule has 0 unspecified atom stereocenters. The van der Waals surface area contributed by atoms with Crippen LogP contribution in [-0.4, -0.2) is 17.8 Å². The van der Waals surface area contributed by atoms with Crippen LogP contribution in [0.4, 0.5) is 0 Å². The minimum absolute atomic E-state index is 0.138. The van der Waals surface area contributed by atoms with Crippen molar-refractivity contribution in [2.24, 2.45) is 11.8 Å². The number of aliphatic hydroxyl groups excluding tert-OH is 1. The highest BCUT2D eigenvalue weighted by Crippen LogP contribution is 2.16. The lowest BCUT2D eigenvalue weighted by atomic mass is 9.93. The standard InChI is InChI=1S/C19H30O2/c1-4-5-6-8-11-16(2)19(20)17(3)14-21-15-18-12-9-7-10-13-18/h7-13,16-17,19-20H,4-6,14-15H2,1-3H3/t16-,17-,19+/m0/s1. The van der Waals surface area contributed by atoms with Crippen LogP contribution in [0.25, 0.3) is 0 Å². The highest BCUT2D eigenvalue weighted by atomic mass is 16.5. The summed E-state index contributed by atoms with van der Waals surface area (Å²) >= 11 is 0. The fraction of sp³-hybridized carbons (Fsp3) is 0.579. The van der Waals surface area contributed by atoms with E-state index in [0.717, 1.165) is 6.42 Å². The fourth-order valence-electron chi connectivity index (χ4n) is 2.30. The average molecular weight is 290 g/mol. The number of aliphatic hydroxyl groups is 1. The largest absolute Gasteiger partial charge is 0.392 e. The molecule has 0 aliphatic carbocycles. The molecule has 0 aliphatic heterocycles. The van der Waals surface area contributed by atoms with Crippen molar-refractivity contribution in [2.75, 3.05) is 6.61 Å². The smallest absolute Gasteiger partial charge is 0.0717 e. The van der Waals surface area contributed by atoms with E-state index in [0.29, 0.717) is 13.2 Å². The van der Waals surface area contributed by atoms with Crippen LogP contribution < -0.4 is 0 Å². The maximum absolute atomic E-state index is 10.3. The Kier molecular flexibility index (Phi) is 9.04. The summed E-state index contributed by atoms with van der Waals surface area (Å²) in [5, 5.41) is 10.3. The molecule has 0 spiro atoms. The van der Waals surface area contributed by atoms with Gasteiger partial charge in [0.1, 0.15) is 0 Å². The molecule has 1 N–H and O–H groups in total. The van der Waals surface area contributed by atoms with Gasteiger partial charge in [0, 0.05) is 11.8 Å². The van der Waals surface area contributed by atoms with Crippen LogP contribution >= 0.6 is 0 Å². The van der Waals surface area contributed by atoms with Crippen LogP contribution in [0.2, 0.25) is 0 Å². The first-order valence-electron chi connectivity index (χ1n) is 8.11. The molecule has 0 radical (unpaired) electrons. The van der Waals surface area contributed by atoms with Gasteiger partial charge < -0.3 is 9.84 Å². The lowest BCUT2D eigenvalue weighted by Gasteiger charge is -2.22. The number of ether oxygens (including phenoxy) is 1. The molecule has 118 valence electrons. The van der Waals surface area contributed by atoms with Gasteiger partial charge in [-0.1, -0.05) is 76.1 Å². The Morgan fingerprint density at radius 3 is 2.57 bits per heavy atom. The summed E-state index contributed by atoms with van der Waals surface area (Å²) in [7, 11) is 0. The Bertz CT molecular complexity index is 386. The van der Waals surface area contributed by atoms with Crippen molar-refractivity contribution in [1.82, 2.24) is 0 Å². The predicted octanol–water partition coefficient (Wildman–Crippen LogP) is 4.58. The molecule has 0 heterocycles. The van der Waals surface area contributed by atoms with Crippen LogP contribution in [0.15, 0.2) is 42.5 Å². The maximum atomic E-state index is 10.3. The summed E-state index contributed by atoms with van der Waals surface area (Å²) in [6.45, 7) is 7.51. The molecule has 0 aliphatic rings. The molecule has 0 amide bonds. The molecule has 1 aromatic carbocycles. The Balaban J connectivity index is 2.26. The van der Waals surface area contributed by atoms with Crippen LogP contribution in [0.5, 0.6) is 0 Å². The number of benzene rings is 1. The predicted molar refractivity (Wildman–Crippen MR) is 89.1 cm³/mol. The molecule has 21 heavy (non-hydrogen) atoms. The number of unbranched alkanes of at least 4 members (excludes halogenated alkanes) is 2. The Labute approximate surface area is 129 Å². The van der Waals surface area contributed by atoms with Crippen molar-refractivity contribution in [3.8, 4) is 0 Å². The van der Waals surface area contributed by atoms with Crippen LogP contribution in [-0.2, 0) is 11.3 Å². The quantitative estimate of drug-likeness (QED) is 0.505. The van der Waals surface area contributed by atoms with Gasteiger partial charge in [-0.25, -0.2) is 0 Å². The van der Waals surface area contributed by atoms with Gasteiger partial charge in [0.25, 0.3) is 0 Å². The molecule has 0 saturated heterocycles. The second-order valence-corrected chi connectivity index (χ2v) is 5.90. The summed E-state index contributed by atoms with van der Waals surface area (Å²) < 4.78 is 5.71. The third kappa shape index (κ3) is 7.45. The van der Waals surface area contributed by atoms with Gasteiger partial charge in [-0.2, -0.15) is 0 Å². The van der Waals surface area contributed by atoms with Gasteiger partial charge in [-0.3, -0.25) is 0 Å². The molecule has 0 aromatic heterocycles. The Morgan fingerprint density at radius 2 is 1.90 bits per heavy atom. The Hall–Kier alpha value is -1.12. The third-order valence-corrected chi connectivity index (χ3v) is 3.78. The Morgan fingerprint density at radius 1 is 1.19 bits per heavy atom. The lowest BCUT2D eigenvalue weighted by Crippen LogP contribution is -2.27. The number of rotatable bonds is 10. The number of allylic oxidation sites excluding steroid dienone is 1. The van der Waals surface area contributed by atoms with Gasteiger partial charge >= 0.3 is 0 Å². The maximum Gasteiger partial charge on any atom is 0.0717 e. The zero-order chi connectivity index (χ0) is 15.5. The highest BCUT2D eigenvalue weighted by molar-refractivity contribution is 5.13. The minimum atomic E-state index is -0.348. The van der Waals surface area contributed by atoms with Crippen LogP contribution in [0.3, 0.4) is 0 Å². The zero-order valence-corrected chi connectivity index (χ0v) is 13.7. The molecule has 3 atom stereocenters. The number of hydrogen-bond donors (Lipinski definition) is 1. The van der Waals surface area contributed by atoms with Gasteiger partial charge in [-0.05, 0) is 12.0 Å². The van der Waals surface area contributed by atoms with E-state index in [1.165, 1.54) is 18.4 Å². The molecule has 1 rings (SSSR count). The topological polar surface area (TPSA) is 29.5 Å². The van der Waals surface area contributed by atoms with Crippen molar-refractivity contribution in [3.05, 3.63) is 48.0 Å². The normalized spacial score (nSPS) is 16.0. The molecule has 2 nitrogen and oxygen atoms in total. The first-order valence-corrected chi connectivity index (χ1v) is 8.11. The monoisotopic (exact) mass is 290 g/mol. The van der Waals surface area contributed by atoms with Crippen molar-refractivity contribution in [1.29, 1.82) is 0 Å². The first kappa shape index (κ1) is 17.9. The van der Waals surface area contributed by atoms with E-state index in [4.69, 9.17) is 4.74 Å².